The number of benzene rings is 1. The number of carbonyl (C=O) groups excluding carboxylic acids is 2. The first kappa shape index (κ1) is 35.1. The van der Waals surface area contributed by atoms with E-state index in [9.17, 15) is 49.2 Å². The summed E-state index contributed by atoms with van der Waals surface area (Å²) < 4.78 is 10.3. The average Bonchev–Trinajstić information content (AvgIpc) is 2.89. The van der Waals surface area contributed by atoms with Crippen LogP contribution in [0.15, 0.2) is 0 Å². The Labute approximate surface area is 238 Å². The molecular formula is C29H40O12. The third-order valence-corrected chi connectivity index (χ3v) is 6.40. The van der Waals surface area contributed by atoms with Crippen LogP contribution in [0.5, 0.6) is 0 Å². The first-order valence-electron chi connectivity index (χ1n) is 13.9. The van der Waals surface area contributed by atoms with Gasteiger partial charge in [-0.05, 0) is 18.8 Å². The van der Waals surface area contributed by atoms with Crippen LogP contribution in [-0.2, 0) is 9.47 Å². The summed E-state index contributed by atoms with van der Waals surface area (Å²) in [5, 5.41) is 39.1. The molecule has 0 atom stereocenters. The quantitative estimate of drug-likeness (QED) is 0.107. The lowest BCUT2D eigenvalue weighted by molar-refractivity contribution is 0.0438. The van der Waals surface area contributed by atoms with E-state index in [0.717, 1.165) is 44.9 Å². The minimum Gasteiger partial charge on any atom is -0.478 e. The number of hydrogen-bond acceptors (Lipinski definition) is 8. The Morgan fingerprint density at radius 3 is 1.17 bits per heavy atom. The predicted octanol–water partition coefficient (Wildman–Crippen LogP) is 5.76. The second-order valence-corrected chi connectivity index (χ2v) is 10.1. The Kier molecular flexibility index (Phi) is 15.1. The molecule has 12 nitrogen and oxygen atoms in total. The van der Waals surface area contributed by atoms with E-state index >= 15 is 0 Å². The lowest BCUT2D eigenvalue weighted by Crippen LogP contribution is -2.29. The van der Waals surface area contributed by atoms with E-state index in [1.165, 1.54) is 0 Å². The highest BCUT2D eigenvalue weighted by molar-refractivity contribution is 6.23. The summed E-state index contributed by atoms with van der Waals surface area (Å²) in [6.07, 6.45) is 8.73. The van der Waals surface area contributed by atoms with Crippen molar-refractivity contribution in [3.8, 4) is 0 Å². The van der Waals surface area contributed by atoms with Gasteiger partial charge in [0.1, 0.15) is 0 Å². The molecule has 0 heterocycles. The first-order valence-corrected chi connectivity index (χ1v) is 13.9. The van der Waals surface area contributed by atoms with Gasteiger partial charge in [-0.15, -0.1) is 0 Å². The monoisotopic (exact) mass is 580 g/mol. The molecule has 41 heavy (non-hydrogen) atoms. The van der Waals surface area contributed by atoms with Gasteiger partial charge >= 0.3 is 35.8 Å². The Hall–Kier alpha value is -3.96. The van der Waals surface area contributed by atoms with Crippen molar-refractivity contribution in [2.24, 2.45) is 5.92 Å². The van der Waals surface area contributed by atoms with Crippen LogP contribution in [0.3, 0.4) is 0 Å². The minimum atomic E-state index is -2.12. The van der Waals surface area contributed by atoms with Gasteiger partial charge in [-0.2, -0.15) is 0 Å². The highest BCUT2D eigenvalue weighted by atomic mass is 16.5. The molecule has 0 radical (unpaired) electrons. The molecule has 0 saturated heterocycles. The van der Waals surface area contributed by atoms with E-state index in [2.05, 4.69) is 13.8 Å². The fourth-order valence-corrected chi connectivity index (χ4v) is 4.38. The molecule has 0 aliphatic rings. The number of rotatable bonds is 20. The van der Waals surface area contributed by atoms with Gasteiger partial charge in [-0.25, -0.2) is 28.8 Å². The topological polar surface area (TPSA) is 202 Å². The maximum Gasteiger partial charge on any atom is 0.339 e. The summed E-state index contributed by atoms with van der Waals surface area (Å²) in [5.74, 6) is -10.8. The second-order valence-electron chi connectivity index (χ2n) is 10.1. The summed E-state index contributed by atoms with van der Waals surface area (Å²) in [6.45, 7) is 5.78. The van der Waals surface area contributed by atoms with Crippen molar-refractivity contribution < 1.29 is 58.7 Å². The maximum absolute atomic E-state index is 13.2. The fourth-order valence-electron chi connectivity index (χ4n) is 4.38. The minimum absolute atomic E-state index is 0.222. The molecule has 4 N–H and O–H groups in total. The average molecular weight is 581 g/mol. The van der Waals surface area contributed by atoms with Gasteiger partial charge in [0.05, 0.1) is 46.6 Å². The van der Waals surface area contributed by atoms with Crippen molar-refractivity contribution in [2.45, 2.75) is 91.4 Å². The second kappa shape index (κ2) is 17.7. The van der Waals surface area contributed by atoms with Crippen LogP contribution in [0.2, 0.25) is 0 Å². The highest BCUT2D eigenvalue weighted by Gasteiger charge is 2.41. The highest BCUT2D eigenvalue weighted by Crippen LogP contribution is 2.31. The molecule has 0 saturated carbocycles. The van der Waals surface area contributed by atoms with Crippen LogP contribution in [0.4, 0.5) is 0 Å². The number of carboxylic acids is 4. The molecule has 0 fully saturated rings. The molecule has 1 aromatic rings. The van der Waals surface area contributed by atoms with E-state index in [1.807, 2.05) is 6.92 Å². The maximum atomic E-state index is 13.2. The van der Waals surface area contributed by atoms with Gasteiger partial charge in [-0.1, -0.05) is 78.6 Å². The molecule has 1 rings (SSSR count). The van der Waals surface area contributed by atoms with Crippen LogP contribution in [0.1, 0.15) is 154 Å². The number of carbonyl (C=O) groups is 6. The van der Waals surface area contributed by atoms with Gasteiger partial charge in [0.25, 0.3) is 0 Å². The number of hydrogen-bond donors (Lipinski definition) is 4. The molecule has 0 aliphatic heterocycles. The van der Waals surface area contributed by atoms with Crippen molar-refractivity contribution in [3.05, 3.63) is 33.4 Å². The van der Waals surface area contributed by atoms with Crippen LogP contribution in [0.25, 0.3) is 0 Å². The van der Waals surface area contributed by atoms with E-state index in [-0.39, 0.29) is 13.2 Å². The molecule has 0 amide bonds. The van der Waals surface area contributed by atoms with Gasteiger partial charge in [0, 0.05) is 0 Å². The SMILES string of the molecule is CCCCCCCCOC(=O)c1c(C(=O)O)c(C(=O)O)c(C(=O)O)c(C(=O)O)c1C(=O)OCCCCCCC(C)C. The van der Waals surface area contributed by atoms with Crippen molar-refractivity contribution in [2.75, 3.05) is 13.2 Å². The number of ether oxygens (including phenoxy) is 2. The molecule has 1 aromatic carbocycles. The zero-order valence-corrected chi connectivity index (χ0v) is 23.8. The Bertz CT molecular complexity index is 1120. The van der Waals surface area contributed by atoms with Crippen LogP contribution in [-0.4, -0.2) is 69.5 Å². The number of carboxylic acid groups (broad SMARTS) is 4. The summed E-state index contributed by atoms with van der Waals surface area (Å²) >= 11 is 0. The lowest BCUT2D eigenvalue weighted by atomic mass is 9.86. The number of esters is 2. The summed E-state index contributed by atoms with van der Waals surface area (Å²) in [5.41, 5.74) is -8.01. The van der Waals surface area contributed by atoms with Crippen LogP contribution >= 0.6 is 0 Å². The molecular weight excluding hydrogens is 540 g/mol. The van der Waals surface area contributed by atoms with E-state index in [1.54, 1.807) is 0 Å². The predicted molar refractivity (Wildman–Crippen MR) is 146 cm³/mol. The molecule has 228 valence electrons. The van der Waals surface area contributed by atoms with Gasteiger partial charge in [0.15, 0.2) is 0 Å². The van der Waals surface area contributed by atoms with E-state index < -0.39 is 69.2 Å². The van der Waals surface area contributed by atoms with Crippen molar-refractivity contribution in [3.63, 3.8) is 0 Å². The lowest BCUT2D eigenvalue weighted by Gasteiger charge is -2.19. The summed E-state index contributed by atoms with van der Waals surface area (Å²) in [4.78, 5) is 74.7. The normalized spacial score (nSPS) is 10.8. The summed E-state index contributed by atoms with van der Waals surface area (Å²) in [7, 11) is 0. The fraction of sp³-hybridized carbons (Fsp3) is 0.586. The van der Waals surface area contributed by atoms with Crippen molar-refractivity contribution in [1.82, 2.24) is 0 Å². The van der Waals surface area contributed by atoms with Crippen LogP contribution < -0.4 is 0 Å². The molecule has 0 unspecified atom stereocenters. The van der Waals surface area contributed by atoms with Gasteiger partial charge < -0.3 is 29.9 Å². The molecule has 12 heteroatoms. The van der Waals surface area contributed by atoms with Crippen molar-refractivity contribution in [1.29, 1.82) is 0 Å². The number of aromatic carboxylic acids is 4. The third-order valence-electron chi connectivity index (χ3n) is 6.40. The van der Waals surface area contributed by atoms with Crippen molar-refractivity contribution >= 4 is 35.8 Å². The number of unbranched alkanes of at least 4 members (excludes halogenated alkanes) is 8. The third kappa shape index (κ3) is 10.5. The first-order chi connectivity index (χ1) is 19.4. The smallest absolute Gasteiger partial charge is 0.339 e. The largest absolute Gasteiger partial charge is 0.478 e. The van der Waals surface area contributed by atoms with Gasteiger partial charge in [-0.3, -0.25) is 0 Å². The Morgan fingerprint density at radius 2 is 0.829 bits per heavy atom. The van der Waals surface area contributed by atoms with Gasteiger partial charge in [0.2, 0.25) is 0 Å². The molecule has 0 spiro atoms. The zero-order valence-electron chi connectivity index (χ0n) is 23.8. The standard InChI is InChI=1S/C29H40O12/c1-4-5-6-7-9-12-15-40-28(38)22-20(26(34)35)18(24(30)31)19(25(32)33)21(27(36)37)23(22)29(39)41-16-13-10-8-11-14-17(2)3/h17H,4-16H2,1-3H3,(H,30,31)(H,32,33)(H,34,35)(H,36,37). The molecule has 0 aromatic heterocycles. The van der Waals surface area contributed by atoms with E-state index in [0.29, 0.717) is 31.6 Å². The van der Waals surface area contributed by atoms with Crippen LogP contribution in [0, 0.1) is 5.92 Å². The van der Waals surface area contributed by atoms with E-state index in [4.69, 9.17) is 9.47 Å². The molecule has 0 aliphatic carbocycles. The Balaban J connectivity index is 3.53. The summed E-state index contributed by atoms with van der Waals surface area (Å²) in [6, 6.07) is 0. The zero-order chi connectivity index (χ0) is 31.1. The Morgan fingerprint density at radius 1 is 0.512 bits per heavy atom. The molecule has 0 bridgehead atoms.